The highest BCUT2D eigenvalue weighted by Gasteiger charge is 2.41. The molecule has 18 heavy (non-hydrogen) atoms. The molecule has 2 N–H and O–H groups in total. The summed E-state index contributed by atoms with van der Waals surface area (Å²) in [5, 5.41) is 10.2. The fourth-order valence-electron chi connectivity index (χ4n) is 2.45. The third-order valence-corrected chi connectivity index (χ3v) is 3.71. The number of aromatic amines is 1. The molecule has 100 valence electrons. The maximum Gasteiger partial charge on any atom is 0.378 e. The monoisotopic (exact) mass is 252 g/mol. The van der Waals surface area contributed by atoms with Crippen LogP contribution in [0, 0.1) is 5.92 Å². The van der Waals surface area contributed by atoms with Crippen molar-refractivity contribution in [2.24, 2.45) is 5.92 Å². The van der Waals surface area contributed by atoms with Gasteiger partial charge in [0.2, 0.25) is 0 Å². The van der Waals surface area contributed by atoms with E-state index in [1.807, 2.05) is 0 Å². The Kier molecular flexibility index (Phi) is 3.65. The number of aromatic nitrogens is 3. The van der Waals surface area contributed by atoms with Gasteiger partial charge in [-0.3, -0.25) is 5.10 Å². The van der Waals surface area contributed by atoms with E-state index in [-0.39, 0.29) is 11.2 Å². The van der Waals surface area contributed by atoms with Crippen LogP contribution in [0.4, 0.5) is 0 Å². The molecule has 0 bridgehead atoms. The fourth-order valence-corrected chi connectivity index (χ4v) is 2.45. The molecular weight excluding hydrogens is 232 g/mol. The van der Waals surface area contributed by atoms with Gasteiger partial charge < -0.3 is 10.1 Å². The van der Waals surface area contributed by atoms with Gasteiger partial charge in [-0.1, -0.05) is 13.8 Å². The van der Waals surface area contributed by atoms with Crippen molar-refractivity contribution in [2.75, 3.05) is 19.7 Å². The number of nitrogens with zero attached hydrogens (tertiary/aromatic N) is 2. The first kappa shape index (κ1) is 13.0. The zero-order valence-corrected chi connectivity index (χ0v) is 11.1. The van der Waals surface area contributed by atoms with Crippen LogP contribution in [0.1, 0.15) is 43.6 Å². The number of carbonyl (C=O) groups excluding carboxylic acids is 1. The molecule has 6 nitrogen and oxygen atoms in total. The van der Waals surface area contributed by atoms with Crippen LogP contribution in [0.15, 0.2) is 0 Å². The summed E-state index contributed by atoms with van der Waals surface area (Å²) in [7, 11) is 0. The van der Waals surface area contributed by atoms with E-state index in [4.69, 9.17) is 4.74 Å². The SMILES string of the molecule is CCOC(=O)c1n[nH]c(C2(C(C)C)CCNC2)n1. The molecule has 0 aromatic carbocycles. The van der Waals surface area contributed by atoms with Crippen LogP contribution in [-0.4, -0.2) is 40.8 Å². The largest absolute Gasteiger partial charge is 0.460 e. The van der Waals surface area contributed by atoms with Crippen molar-refractivity contribution >= 4 is 5.97 Å². The molecule has 0 radical (unpaired) electrons. The minimum atomic E-state index is -0.468. The van der Waals surface area contributed by atoms with Gasteiger partial charge in [-0.25, -0.2) is 9.78 Å². The number of nitrogens with one attached hydrogen (secondary N) is 2. The Morgan fingerprint density at radius 3 is 2.89 bits per heavy atom. The Balaban J connectivity index is 2.25. The lowest BCUT2D eigenvalue weighted by Crippen LogP contribution is -2.36. The molecule has 2 rings (SSSR count). The van der Waals surface area contributed by atoms with Crippen molar-refractivity contribution in [1.29, 1.82) is 0 Å². The van der Waals surface area contributed by atoms with Gasteiger partial charge in [0.25, 0.3) is 5.82 Å². The molecule has 1 aromatic heterocycles. The molecule has 1 unspecified atom stereocenters. The highest BCUT2D eigenvalue weighted by Crippen LogP contribution is 2.35. The lowest BCUT2D eigenvalue weighted by molar-refractivity contribution is 0.0512. The van der Waals surface area contributed by atoms with E-state index in [9.17, 15) is 4.79 Å². The Bertz CT molecular complexity index is 421. The summed E-state index contributed by atoms with van der Waals surface area (Å²) in [4.78, 5) is 15.9. The second kappa shape index (κ2) is 5.06. The topological polar surface area (TPSA) is 79.9 Å². The molecule has 1 saturated heterocycles. The van der Waals surface area contributed by atoms with Crippen molar-refractivity contribution in [3.05, 3.63) is 11.6 Å². The Labute approximate surface area is 107 Å². The van der Waals surface area contributed by atoms with Crippen LogP contribution in [0.2, 0.25) is 0 Å². The zero-order valence-electron chi connectivity index (χ0n) is 11.1. The molecule has 0 spiro atoms. The highest BCUT2D eigenvalue weighted by atomic mass is 16.5. The zero-order chi connectivity index (χ0) is 13.2. The molecule has 2 heterocycles. The summed E-state index contributed by atoms with van der Waals surface area (Å²) in [6.45, 7) is 8.26. The summed E-state index contributed by atoms with van der Waals surface area (Å²) in [6.07, 6.45) is 1.00. The van der Waals surface area contributed by atoms with Gasteiger partial charge in [-0.15, -0.1) is 5.10 Å². The third kappa shape index (κ3) is 2.12. The van der Waals surface area contributed by atoms with Crippen molar-refractivity contribution in [3.63, 3.8) is 0 Å². The summed E-state index contributed by atoms with van der Waals surface area (Å²) in [5.74, 6) is 0.865. The normalized spacial score (nSPS) is 23.6. The molecule has 6 heteroatoms. The summed E-state index contributed by atoms with van der Waals surface area (Å²) >= 11 is 0. The first-order valence-corrected chi connectivity index (χ1v) is 6.41. The van der Waals surface area contributed by atoms with E-state index in [2.05, 4.69) is 34.3 Å². The van der Waals surface area contributed by atoms with E-state index in [0.717, 1.165) is 25.3 Å². The lowest BCUT2D eigenvalue weighted by atomic mass is 9.76. The quantitative estimate of drug-likeness (QED) is 0.777. The molecule has 1 aliphatic heterocycles. The molecule has 1 aliphatic rings. The van der Waals surface area contributed by atoms with Crippen LogP contribution < -0.4 is 5.32 Å². The van der Waals surface area contributed by atoms with Gasteiger partial charge in [0.1, 0.15) is 5.82 Å². The Morgan fingerprint density at radius 1 is 1.56 bits per heavy atom. The number of hydrogen-bond acceptors (Lipinski definition) is 5. The van der Waals surface area contributed by atoms with E-state index < -0.39 is 5.97 Å². The second-order valence-corrected chi connectivity index (χ2v) is 4.97. The van der Waals surface area contributed by atoms with Crippen LogP contribution >= 0.6 is 0 Å². The smallest absolute Gasteiger partial charge is 0.378 e. The average molecular weight is 252 g/mol. The standard InChI is InChI=1S/C12H20N4O2/c1-4-18-10(17)9-14-11(16-15-9)12(8(2)3)5-6-13-7-12/h8,13H,4-7H2,1-3H3,(H,14,15,16). The molecule has 1 aromatic rings. The number of rotatable bonds is 4. The minimum absolute atomic E-state index is 0.0578. The van der Waals surface area contributed by atoms with E-state index in [0.29, 0.717) is 12.5 Å². The van der Waals surface area contributed by atoms with Gasteiger partial charge in [-0.2, -0.15) is 0 Å². The Morgan fingerprint density at radius 2 is 2.33 bits per heavy atom. The lowest BCUT2D eigenvalue weighted by Gasteiger charge is -2.29. The molecular formula is C12H20N4O2. The van der Waals surface area contributed by atoms with Crippen molar-refractivity contribution in [2.45, 2.75) is 32.6 Å². The summed E-state index contributed by atoms with van der Waals surface area (Å²) in [5.41, 5.74) is -0.0578. The molecule has 1 atom stereocenters. The fraction of sp³-hybridized carbons (Fsp3) is 0.750. The van der Waals surface area contributed by atoms with E-state index in [1.54, 1.807) is 6.92 Å². The van der Waals surface area contributed by atoms with Gasteiger partial charge in [-0.05, 0) is 25.8 Å². The van der Waals surface area contributed by atoms with Gasteiger partial charge in [0.15, 0.2) is 0 Å². The van der Waals surface area contributed by atoms with Gasteiger partial charge >= 0.3 is 5.97 Å². The molecule has 0 aliphatic carbocycles. The predicted molar refractivity (Wildman–Crippen MR) is 66.3 cm³/mol. The number of carbonyl (C=O) groups is 1. The second-order valence-electron chi connectivity index (χ2n) is 4.97. The maximum absolute atomic E-state index is 11.6. The van der Waals surface area contributed by atoms with Crippen molar-refractivity contribution in [1.82, 2.24) is 20.5 Å². The first-order chi connectivity index (χ1) is 8.60. The number of esters is 1. The van der Waals surface area contributed by atoms with E-state index in [1.165, 1.54) is 0 Å². The number of hydrogen-bond donors (Lipinski definition) is 2. The van der Waals surface area contributed by atoms with Crippen LogP contribution in [0.5, 0.6) is 0 Å². The predicted octanol–water partition coefficient (Wildman–Crippen LogP) is 0.868. The van der Waals surface area contributed by atoms with Gasteiger partial charge in [0.05, 0.1) is 6.61 Å². The van der Waals surface area contributed by atoms with E-state index >= 15 is 0 Å². The Hall–Kier alpha value is -1.43. The van der Waals surface area contributed by atoms with Crippen LogP contribution in [0.3, 0.4) is 0 Å². The summed E-state index contributed by atoms with van der Waals surface area (Å²) < 4.78 is 4.90. The number of ether oxygens (including phenoxy) is 1. The number of H-pyrrole nitrogens is 1. The molecule has 1 fully saturated rings. The van der Waals surface area contributed by atoms with Crippen LogP contribution in [-0.2, 0) is 10.2 Å². The summed E-state index contributed by atoms with van der Waals surface area (Å²) in [6, 6.07) is 0. The highest BCUT2D eigenvalue weighted by molar-refractivity contribution is 5.84. The van der Waals surface area contributed by atoms with Gasteiger partial charge in [0, 0.05) is 12.0 Å². The average Bonchev–Trinajstić information content (AvgIpc) is 2.99. The first-order valence-electron chi connectivity index (χ1n) is 6.41. The van der Waals surface area contributed by atoms with Crippen molar-refractivity contribution in [3.8, 4) is 0 Å². The third-order valence-electron chi connectivity index (χ3n) is 3.71. The molecule has 0 saturated carbocycles. The maximum atomic E-state index is 11.6. The van der Waals surface area contributed by atoms with Crippen LogP contribution in [0.25, 0.3) is 0 Å². The molecule has 0 amide bonds. The van der Waals surface area contributed by atoms with Crippen molar-refractivity contribution < 1.29 is 9.53 Å². The minimum Gasteiger partial charge on any atom is -0.460 e.